The first-order valence-corrected chi connectivity index (χ1v) is 4.20. The minimum atomic E-state index is -1.19. The molecule has 0 saturated carbocycles. The van der Waals surface area contributed by atoms with Crippen molar-refractivity contribution < 1.29 is 15.1 Å². The Morgan fingerprint density at radius 3 is 2.64 bits per heavy atom. The number of carboxylic acids is 1. The van der Waals surface area contributed by atoms with E-state index in [0.29, 0.717) is 10.4 Å². The number of hydrogen-bond acceptors (Lipinski definition) is 4. The molecular formula is C8H13N3O3. The zero-order chi connectivity index (χ0) is 10.9. The fourth-order valence-corrected chi connectivity index (χ4v) is 1.19. The van der Waals surface area contributed by atoms with Gasteiger partial charge in [0.05, 0.1) is 11.9 Å². The van der Waals surface area contributed by atoms with Crippen molar-refractivity contribution in [3.63, 3.8) is 0 Å². The lowest BCUT2D eigenvalue weighted by molar-refractivity contribution is -0.138. The molecule has 6 nitrogen and oxygen atoms in total. The summed E-state index contributed by atoms with van der Waals surface area (Å²) in [6, 6.07) is -1.19. The van der Waals surface area contributed by atoms with Crippen molar-refractivity contribution >= 4 is 5.97 Å². The second kappa shape index (κ2) is 3.67. The lowest BCUT2D eigenvalue weighted by Crippen LogP contribution is -2.22. The standard InChI is InChI=1S/C8H13N3O3/c1-4(2)5-3-11(14)10-7(5)6(9)8(12)13/h3-4,6,14H,9H2,1-2H3,(H,12,13)/t6-/m1/s1. The maximum Gasteiger partial charge on any atom is 0.326 e. The van der Waals surface area contributed by atoms with E-state index in [1.165, 1.54) is 6.20 Å². The van der Waals surface area contributed by atoms with Crippen molar-refractivity contribution in [2.24, 2.45) is 5.73 Å². The summed E-state index contributed by atoms with van der Waals surface area (Å²) < 4.78 is 0. The summed E-state index contributed by atoms with van der Waals surface area (Å²) >= 11 is 0. The molecule has 0 bridgehead atoms. The maximum absolute atomic E-state index is 10.6. The summed E-state index contributed by atoms with van der Waals surface area (Å²) in [4.78, 5) is 11.2. The molecule has 0 aliphatic heterocycles. The van der Waals surface area contributed by atoms with Crippen LogP contribution in [0.15, 0.2) is 6.20 Å². The van der Waals surface area contributed by atoms with E-state index < -0.39 is 12.0 Å². The van der Waals surface area contributed by atoms with Gasteiger partial charge in [0.25, 0.3) is 0 Å². The highest BCUT2D eigenvalue weighted by Crippen LogP contribution is 2.22. The van der Waals surface area contributed by atoms with Gasteiger partial charge in [-0.1, -0.05) is 13.8 Å². The number of hydrogen-bond donors (Lipinski definition) is 3. The number of nitrogens with two attached hydrogens (primary N) is 1. The van der Waals surface area contributed by atoms with Gasteiger partial charge in [-0.3, -0.25) is 4.79 Å². The Kier molecular flexibility index (Phi) is 2.76. The van der Waals surface area contributed by atoms with Crippen molar-refractivity contribution in [2.45, 2.75) is 25.8 Å². The number of rotatable bonds is 3. The van der Waals surface area contributed by atoms with Crippen LogP contribution in [0.1, 0.15) is 37.1 Å². The summed E-state index contributed by atoms with van der Waals surface area (Å²) in [7, 11) is 0. The Labute approximate surface area is 80.9 Å². The molecule has 6 heteroatoms. The third kappa shape index (κ3) is 1.85. The van der Waals surface area contributed by atoms with Gasteiger partial charge in [0.2, 0.25) is 0 Å². The van der Waals surface area contributed by atoms with Gasteiger partial charge in [-0.15, -0.1) is 9.94 Å². The number of carbonyl (C=O) groups is 1. The normalized spacial score (nSPS) is 13.1. The largest absolute Gasteiger partial charge is 0.480 e. The molecule has 0 aliphatic rings. The highest BCUT2D eigenvalue weighted by molar-refractivity contribution is 5.75. The molecule has 14 heavy (non-hydrogen) atoms. The molecule has 0 unspecified atom stereocenters. The maximum atomic E-state index is 10.6. The average Bonchev–Trinajstić information content (AvgIpc) is 2.45. The van der Waals surface area contributed by atoms with Gasteiger partial charge < -0.3 is 16.0 Å². The van der Waals surface area contributed by atoms with Gasteiger partial charge in [-0.05, 0) is 5.92 Å². The minimum Gasteiger partial charge on any atom is -0.480 e. The van der Waals surface area contributed by atoms with Crippen molar-refractivity contribution in [1.29, 1.82) is 0 Å². The van der Waals surface area contributed by atoms with Crippen LogP contribution in [0.25, 0.3) is 0 Å². The highest BCUT2D eigenvalue weighted by Gasteiger charge is 2.23. The average molecular weight is 199 g/mol. The van der Waals surface area contributed by atoms with Gasteiger partial charge in [-0.25, -0.2) is 0 Å². The molecule has 0 spiro atoms. The van der Waals surface area contributed by atoms with E-state index >= 15 is 0 Å². The molecule has 1 atom stereocenters. The van der Waals surface area contributed by atoms with Gasteiger partial charge >= 0.3 is 5.97 Å². The fourth-order valence-electron chi connectivity index (χ4n) is 1.19. The molecule has 1 heterocycles. The first-order chi connectivity index (χ1) is 6.43. The van der Waals surface area contributed by atoms with Gasteiger partial charge in [0.1, 0.15) is 6.04 Å². The van der Waals surface area contributed by atoms with Crippen molar-refractivity contribution in [1.82, 2.24) is 9.94 Å². The SMILES string of the molecule is CC(C)c1cn(O)nc1[C@@H](N)C(=O)O. The molecule has 0 aliphatic carbocycles. The van der Waals surface area contributed by atoms with E-state index in [1.54, 1.807) is 0 Å². The number of aliphatic carboxylic acids is 1. The first-order valence-electron chi connectivity index (χ1n) is 4.20. The second-order valence-corrected chi connectivity index (χ2v) is 3.36. The number of carboxylic acid groups (broad SMARTS) is 1. The molecule has 0 fully saturated rings. The predicted octanol–water partition coefficient (Wildman–Crippen LogP) is 0.328. The van der Waals surface area contributed by atoms with Gasteiger partial charge in [-0.2, -0.15) is 0 Å². The molecule has 0 saturated heterocycles. The van der Waals surface area contributed by atoms with Crippen LogP contribution < -0.4 is 5.73 Å². The Hall–Kier alpha value is -1.56. The summed E-state index contributed by atoms with van der Waals surface area (Å²) in [6.45, 7) is 3.74. The fraction of sp³-hybridized carbons (Fsp3) is 0.500. The Morgan fingerprint density at radius 1 is 1.64 bits per heavy atom. The van der Waals surface area contributed by atoms with E-state index in [9.17, 15) is 4.79 Å². The third-order valence-corrected chi connectivity index (χ3v) is 1.94. The van der Waals surface area contributed by atoms with Crippen molar-refractivity contribution in [3.8, 4) is 0 Å². The zero-order valence-electron chi connectivity index (χ0n) is 8.01. The molecule has 1 aromatic heterocycles. The van der Waals surface area contributed by atoms with Crippen LogP contribution in [-0.4, -0.2) is 26.2 Å². The smallest absolute Gasteiger partial charge is 0.326 e. The van der Waals surface area contributed by atoms with Crippen LogP contribution in [0, 0.1) is 0 Å². The summed E-state index contributed by atoms with van der Waals surface area (Å²) in [5, 5.41) is 21.4. The van der Waals surface area contributed by atoms with E-state index in [4.69, 9.17) is 16.0 Å². The van der Waals surface area contributed by atoms with Crippen molar-refractivity contribution in [2.75, 3.05) is 0 Å². The number of nitrogens with zero attached hydrogens (tertiary/aromatic N) is 2. The predicted molar refractivity (Wildman–Crippen MR) is 48.1 cm³/mol. The van der Waals surface area contributed by atoms with Crippen LogP contribution in [0.4, 0.5) is 0 Å². The van der Waals surface area contributed by atoms with Crippen LogP contribution in [-0.2, 0) is 4.79 Å². The summed E-state index contributed by atoms with van der Waals surface area (Å²) in [5.74, 6) is -1.10. The molecule has 1 rings (SSSR count). The van der Waals surface area contributed by atoms with Crippen molar-refractivity contribution in [3.05, 3.63) is 17.5 Å². The third-order valence-electron chi connectivity index (χ3n) is 1.94. The van der Waals surface area contributed by atoms with Gasteiger partial charge in [0, 0.05) is 5.56 Å². The Balaban J connectivity index is 3.12. The zero-order valence-corrected chi connectivity index (χ0v) is 8.01. The number of aromatic nitrogens is 2. The second-order valence-electron chi connectivity index (χ2n) is 3.36. The molecular weight excluding hydrogens is 186 g/mol. The van der Waals surface area contributed by atoms with E-state index in [2.05, 4.69) is 5.10 Å². The lowest BCUT2D eigenvalue weighted by Gasteiger charge is -2.07. The Morgan fingerprint density at radius 2 is 2.21 bits per heavy atom. The quantitative estimate of drug-likeness (QED) is 0.609. The first kappa shape index (κ1) is 10.5. The molecule has 78 valence electrons. The minimum absolute atomic E-state index is 0.0660. The van der Waals surface area contributed by atoms with Crippen LogP contribution in [0.2, 0.25) is 0 Å². The van der Waals surface area contributed by atoms with Crippen LogP contribution in [0.5, 0.6) is 0 Å². The van der Waals surface area contributed by atoms with E-state index in [0.717, 1.165) is 0 Å². The van der Waals surface area contributed by atoms with E-state index in [-0.39, 0.29) is 11.6 Å². The molecule has 4 N–H and O–H groups in total. The van der Waals surface area contributed by atoms with Crippen LogP contribution >= 0.6 is 0 Å². The monoisotopic (exact) mass is 199 g/mol. The lowest BCUT2D eigenvalue weighted by atomic mass is 10.0. The topological polar surface area (TPSA) is 101 Å². The summed E-state index contributed by atoms with van der Waals surface area (Å²) in [5.41, 5.74) is 6.25. The molecule has 1 aromatic rings. The van der Waals surface area contributed by atoms with Crippen LogP contribution in [0.3, 0.4) is 0 Å². The molecule has 0 aromatic carbocycles. The molecule has 0 radical (unpaired) electrons. The van der Waals surface area contributed by atoms with Gasteiger partial charge in [0.15, 0.2) is 0 Å². The Bertz CT molecular complexity index is 346. The van der Waals surface area contributed by atoms with E-state index in [1.807, 2.05) is 13.8 Å². The summed E-state index contributed by atoms with van der Waals surface area (Å²) in [6.07, 6.45) is 1.36. The molecule has 0 amide bonds. The highest BCUT2D eigenvalue weighted by atomic mass is 16.5.